The number of benzene rings is 2. The van der Waals surface area contributed by atoms with E-state index < -0.39 is 17.5 Å². The van der Waals surface area contributed by atoms with Gasteiger partial charge in [0.2, 0.25) is 5.91 Å². The number of carbonyl (C=O) groups is 1. The Morgan fingerprint density at radius 2 is 2.03 bits per heavy atom. The smallest absolute Gasteiger partial charge is 0.231 e. The number of ether oxygens (including phenoxy) is 2. The van der Waals surface area contributed by atoms with Crippen LogP contribution in [0.4, 0.5) is 4.39 Å². The first-order valence-corrected chi connectivity index (χ1v) is 10.8. The Morgan fingerprint density at radius 1 is 1.29 bits per heavy atom. The predicted molar refractivity (Wildman–Crippen MR) is 114 cm³/mol. The van der Waals surface area contributed by atoms with E-state index in [-0.39, 0.29) is 18.1 Å². The molecule has 4 rings (SSSR count). The van der Waals surface area contributed by atoms with Gasteiger partial charge in [0.1, 0.15) is 5.82 Å². The van der Waals surface area contributed by atoms with E-state index in [1.165, 1.54) is 48.0 Å². The molecule has 0 unspecified atom stereocenters. The van der Waals surface area contributed by atoms with Crippen LogP contribution in [0.15, 0.2) is 53.1 Å². The molecule has 1 fully saturated rings. The maximum Gasteiger partial charge on any atom is 0.231 e. The summed E-state index contributed by atoms with van der Waals surface area (Å²) < 4.78 is 24.3. The number of thioether (sulfide) groups is 1. The monoisotopic (exact) mass is 440 g/mol. The fourth-order valence-corrected chi connectivity index (χ4v) is 5.38. The van der Waals surface area contributed by atoms with Crippen molar-refractivity contribution in [3.05, 3.63) is 70.0 Å². The minimum absolute atomic E-state index is 0.0214. The van der Waals surface area contributed by atoms with Crippen molar-refractivity contribution in [3.8, 4) is 17.6 Å². The number of methoxy groups -OCH3 is 1. The molecule has 0 saturated carbocycles. The zero-order valence-electron chi connectivity index (χ0n) is 17.1. The van der Waals surface area contributed by atoms with Gasteiger partial charge in [-0.25, -0.2) is 4.39 Å². The summed E-state index contributed by atoms with van der Waals surface area (Å²) in [6.45, 7) is 2.36. The molecular weight excluding hydrogens is 419 g/mol. The van der Waals surface area contributed by atoms with Gasteiger partial charge < -0.3 is 14.6 Å². The number of aliphatic hydroxyl groups is 1. The molecule has 0 aromatic heterocycles. The molecular formula is C23H21FN2O4S. The fraction of sp³-hybridized carbons (Fsp3) is 0.304. The van der Waals surface area contributed by atoms with E-state index in [4.69, 9.17) is 9.47 Å². The van der Waals surface area contributed by atoms with Crippen molar-refractivity contribution in [3.63, 3.8) is 0 Å². The minimum Gasteiger partial charge on any atom is -0.493 e. The zero-order chi connectivity index (χ0) is 22.2. The van der Waals surface area contributed by atoms with Crippen LogP contribution < -0.4 is 9.47 Å². The van der Waals surface area contributed by atoms with Crippen molar-refractivity contribution in [2.75, 3.05) is 19.5 Å². The highest BCUT2D eigenvalue weighted by molar-refractivity contribution is 8.03. The van der Waals surface area contributed by atoms with Gasteiger partial charge in [0, 0.05) is 17.9 Å². The average molecular weight is 440 g/mol. The number of hydrogen-bond acceptors (Lipinski definition) is 6. The standard InChI is InChI=1S/C23H21FN2O4S/c1-3-30-19-9-4-14(10-20(19)29-2)17-11-21(27)26-22(18(17)12-25)31-13-23(26,28)15-5-7-16(24)8-6-15/h4-10,17,28H,3,11,13H2,1-2H3/t17-,23-/m1/s1. The van der Waals surface area contributed by atoms with Crippen molar-refractivity contribution >= 4 is 17.7 Å². The zero-order valence-corrected chi connectivity index (χ0v) is 17.9. The van der Waals surface area contributed by atoms with Gasteiger partial charge in [-0.1, -0.05) is 18.2 Å². The molecule has 1 amide bonds. The van der Waals surface area contributed by atoms with E-state index in [0.29, 0.717) is 34.3 Å². The molecule has 2 heterocycles. The quantitative estimate of drug-likeness (QED) is 0.760. The summed E-state index contributed by atoms with van der Waals surface area (Å²) in [5, 5.41) is 21.7. The molecule has 0 spiro atoms. The lowest BCUT2D eigenvalue weighted by molar-refractivity contribution is -0.149. The maximum atomic E-state index is 13.4. The summed E-state index contributed by atoms with van der Waals surface area (Å²) in [6.07, 6.45) is 0.0214. The maximum absolute atomic E-state index is 13.4. The lowest BCUT2D eigenvalue weighted by Gasteiger charge is -2.38. The molecule has 1 N–H and O–H groups in total. The first-order valence-electron chi connectivity index (χ1n) is 9.82. The second-order valence-electron chi connectivity index (χ2n) is 7.27. The molecule has 31 heavy (non-hydrogen) atoms. The molecule has 0 aliphatic carbocycles. The molecule has 2 atom stereocenters. The number of fused-ring (bicyclic) bond motifs is 1. The van der Waals surface area contributed by atoms with Gasteiger partial charge in [0.25, 0.3) is 0 Å². The number of allylic oxidation sites excluding steroid dienone is 1. The van der Waals surface area contributed by atoms with E-state index in [9.17, 15) is 19.6 Å². The van der Waals surface area contributed by atoms with Crippen LogP contribution >= 0.6 is 11.8 Å². The third-order valence-electron chi connectivity index (χ3n) is 5.51. The molecule has 2 aliphatic heterocycles. The number of halogens is 1. The SMILES string of the molecule is CCOc1ccc([C@H]2CC(=O)N3C(=C2C#N)SC[C@@]3(O)c2ccc(F)cc2)cc1OC. The van der Waals surface area contributed by atoms with Crippen LogP contribution in [0.1, 0.15) is 30.4 Å². The molecule has 0 bridgehead atoms. The molecule has 0 radical (unpaired) electrons. The molecule has 2 aromatic rings. The van der Waals surface area contributed by atoms with E-state index in [1.54, 1.807) is 12.1 Å². The van der Waals surface area contributed by atoms with Gasteiger partial charge in [-0.15, -0.1) is 11.8 Å². The Morgan fingerprint density at radius 3 is 2.68 bits per heavy atom. The van der Waals surface area contributed by atoms with Crippen molar-refractivity contribution in [2.24, 2.45) is 0 Å². The first kappa shape index (κ1) is 21.2. The van der Waals surface area contributed by atoms with Crippen LogP contribution in [0.2, 0.25) is 0 Å². The van der Waals surface area contributed by atoms with Gasteiger partial charge in [0.05, 0.1) is 36.1 Å². The Hall–Kier alpha value is -3.02. The Bertz CT molecular complexity index is 1100. The van der Waals surface area contributed by atoms with Gasteiger partial charge >= 0.3 is 0 Å². The van der Waals surface area contributed by atoms with Crippen molar-refractivity contribution < 1.29 is 23.8 Å². The highest BCUT2D eigenvalue weighted by atomic mass is 32.2. The Labute approximate surface area is 183 Å². The van der Waals surface area contributed by atoms with E-state index in [2.05, 4.69) is 6.07 Å². The highest BCUT2D eigenvalue weighted by Gasteiger charge is 2.51. The number of rotatable bonds is 5. The summed E-state index contributed by atoms with van der Waals surface area (Å²) in [7, 11) is 1.54. The topological polar surface area (TPSA) is 82.8 Å². The summed E-state index contributed by atoms with van der Waals surface area (Å²) in [6, 6.07) is 13.0. The molecule has 1 saturated heterocycles. The van der Waals surface area contributed by atoms with E-state index >= 15 is 0 Å². The molecule has 160 valence electrons. The third kappa shape index (κ3) is 3.54. The highest BCUT2D eigenvalue weighted by Crippen LogP contribution is 2.52. The number of hydrogen-bond donors (Lipinski definition) is 1. The summed E-state index contributed by atoms with van der Waals surface area (Å²) >= 11 is 1.25. The summed E-state index contributed by atoms with van der Waals surface area (Å²) in [4.78, 5) is 14.5. The van der Waals surface area contributed by atoms with Gasteiger partial charge in [-0.3, -0.25) is 9.69 Å². The van der Waals surface area contributed by atoms with Crippen molar-refractivity contribution in [2.45, 2.75) is 25.0 Å². The minimum atomic E-state index is -1.63. The molecule has 2 aromatic carbocycles. The lowest BCUT2D eigenvalue weighted by Crippen LogP contribution is -2.48. The van der Waals surface area contributed by atoms with Crippen molar-refractivity contribution in [1.29, 1.82) is 5.26 Å². The van der Waals surface area contributed by atoms with E-state index in [1.807, 2.05) is 13.0 Å². The van der Waals surface area contributed by atoms with Crippen LogP contribution in [0, 0.1) is 17.1 Å². The average Bonchev–Trinajstić information content (AvgIpc) is 3.13. The second-order valence-corrected chi connectivity index (χ2v) is 8.24. The largest absolute Gasteiger partial charge is 0.493 e. The van der Waals surface area contributed by atoms with Gasteiger partial charge in [0.15, 0.2) is 17.2 Å². The molecule has 6 nitrogen and oxygen atoms in total. The van der Waals surface area contributed by atoms with Crippen LogP contribution in [0.3, 0.4) is 0 Å². The van der Waals surface area contributed by atoms with Gasteiger partial charge in [-0.05, 0) is 36.8 Å². The molecule has 2 aliphatic rings. The summed E-state index contributed by atoms with van der Waals surface area (Å²) in [5.74, 6) is 0.0774. The number of carbonyl (C=O) groups excluding carboxylic acids is 1. The normalized spacial score (nSPS) is 22.9. The number of nitrogens with zero attached hydrogens (tertiary/aromatic N) is 2. The van der Waals surface area contributed by atoms with Crippen LogP contribution in [0.25, 0.3) is 0 Å². The number of nitriles is 1. The second kappa shape index (κ2) is 8.25. The number of amides is 1. The Balaban J connectivity index is 1.76. The fourth-order valence-electron chi connectivity index (χ4n) is 4.02. The van der Waals surface area contributed by atoms with Crippen molar-refractivity contribution in [1.82, 2.24) is 4.90 Å². The molecule has 8 heteroatoms. The predicted octanol–water partition coefficient (Wildman–Crippen LogP) is 3.88. The van der Waals surface area contributed by atoms with E-state index in [0.717, 1.165) is 5.56 Å². The van der Waals surface area contributed by atoms with Gasteiger partial charge in [-0.2, -0.15) is 5.26 Å². The van der Waals surface area contributed by atoms with Crippen LogP contribution in [-0.2, 0) is 10.5 Å². The van der Waals surface area contributed by atoms with Crippen LogP contribution in [-0.4, -0.2) is 35.4 Å². The summed E-state index contributed by atoms with van der Waals surface area (Å²) in [5.41, 5.74) is -0.0544. The first-order chi connectivity index (χ1) is 14.9. The lowest BCUT2D eigenvalue weighted by atomic mass is 9.85. The van der Waals surface area contributed by atoms with Crippen LogP contribution in [0.5, 0.6) is 11.5 Å². The Kier molecular flexibility index (Phi) is 5.65. The third-order valence-corrected chi connectivity index (χ3v) is 6.73.